The molecule has 34 heavy (non-hydrogen) atoms. The van der Waals surface area contributed by atoms with Crippen LogP contribution in [0.1, 0.15) is 33.1 Å². The predicted octanol–water partition coefficient (Wildman–Crippen LogP) is 3.61. The number of nitrogens with zero attached hydrogens (tertiary/aromatic N) is 3. The van der Waals surface area contributed by atoms with Crippen LogP contribution in [-0.2, 0) is 19.4 Å². The Kier molecular flexibility index (Phi) is 5.90. The van der Waals surface area contributed by atoms with Crippen LogP contribution >= 0.6 is 11.6 Å². The van der Waals surface area contributed by atoms with Crippen molar-refractivity contribution in [1.82, 2.24) is 25.1 Å². The summed E-state index contributed by atoms with van der Waals surface area (Å²) >= 11 is 6.16. The van der Waals surface area contributed by atoms with Crippen molar-refractivity contribution < 1.29 is 9.53 Å². The number of aromatic nitrogens is 4. The molecule has 3 heterocycles. The van der Waals surface area contributed by atoms with Gasteiger partial charge in [0.25, 0.3) is 11.5 Å². The molecule has 0 saturated carbocycles. The maximum absolute atomic E-state index is 13.3. The molecule has 1 amide bonds. The zero-order valence-electron chi connectivity index (χ0n) is 18.5. The molecular weight excluding hydrogens is 454 g/mol. The van der Waals surface area contributed by atoms with Gasteiger partial charge in [0, 0.05) is 47.3 Å². The first-order chi connectivity index (χ1) is 16.5. The van der Waals surface area contributed by atoms with Gasteiger partial charge in [0.2, 0.25) is 0 Å². The number of rotatable bonds is 5. The Morgan fingerprint density at radius 1 is 1.18 bits per heavy atom. The van der Waals surface area contributed by atoms with Crippen molar-refractivity contribution in [2.24, 2.45) is 0 Å². The second-order valence-corrected chi connectivity index (χ2v) is 8.55. The number of carbonyl (C=O) groups excluding carboxylic acids is 1. The lowest BCUT2D eigenvalue weighted by Gasteiger charge is -2.27. The van der Waals surface area contributed by atoms with Gasteiger partial charge in [-0.3, -0.25) is 14.7 Å². The monoisotopic (exact) mass is 475 g/mol. The van der Waals surface area contributed by atoms with Gasteiger partial charge in [-0.1, -0.05) is 35.9 Å². The van der Waals surface area contributed by atoms with Crippen LogP contribution in [0.3, 0.4) is 0 Å². The SMILES string of the molecule is COc1ccc(Cc2nc(C(=O)N3CCc4[nH]nc(-c5cccc(Cl)c5)c4C3)cc(=O)[nH]2)cc1. The Bertz CT molecular complexity index is 1410. The summed E-state index contributed by atoms with van der Waals surface area (Å²) in [5.74, 6) is 0.891. The molecule has 8 nitrogen and oxygen atoms in total. The summed E-state index contributed by atoms with van der Waals surface area (Å²) in [4.78, 5) is 34.5. The Morgan fingerprint density at radius 2 is 2.00 bits per heavy atom. The molecule has 2 aromatic heterocycles. The Balaban J connectivity index is 1.38. The summed E-state index contributed by atoms with van der Waals surface area (Å²) in [5.41, 5.74) is 4.32. The lowest BCUT2D eigenvalue weighted by molar-refractivity contribution is 0.0728. The Labute approximate surface area is 200 Å². The van der Waals surface area contributed by atoms with E-state index in [2.05, 4.69) is 20.2 Å². The van der Waals surface area contributed by atoms with Gasteiger partial charge in [-0.25, -0.2) is 4.98 Å². The molecule has 2 N–H and O–H groups in total. The normalized spacial score (nSPS) is 12.9. The van der Waals surface area contributed by atoms with Crippen LogP contribution < -0.4 is 10.3 Å². The number of hydrogen-bond donors (Lipinski definition) is 2. The Morgan fingerprint density at radius 3 is 2.76 bits per heavy atom. The fourth-order valence-corrected chi connectivity index (χ4v) is 4.33. The van der Waals surface area contributed by atoms with Crippen LogP contribution in [0.2, 0.25) is 5.02 Å². The maximum atomic E-state index is 13.3. The molecule has 0 bridgehead atoms. The fraction of sp³-hybridized carbons (Fsp3) is 0.200. The number of benzene rings is 2. The average molecular weight is 476 g/mol. The number of carbonyl (C=O) groups is 1. The predicted molar refractivity (Wildman–Crippen MR) is 128 cm³/mol. The van der Waals surface area contributed by atoms with Crippen LogP contribution in [0.5, 0.6) is 5.75 Å². The quantitative estimate of drug-likeness (QED) is 0.459. The number of ether oxygens (including phenoxy) is 1. The standard InChI is InChI=1S/C25H22ClN5O3/c1-34-18-7-5-15(6-8-18)11-22-27-21(13-23(32)28-22)25(33)31-10-9-20-19(14-31)24(30-29-20)16-3-2-4-17(26)12-16/h2-8,12-13H,9-11,14H2,1H3,(H,29,30)(H,27,28,32). The lowest BCUT2D eigenvalue weighted by atomic mass is 10.0. The summed E-state index contributed by atoms with van der Waals surface area (Å²) in [5, 5.41) is 8.17. The molecule has 0 unspecified atom stereocenters. The molecule has 0 radical (unpaired) electrons. The van der Waals surface area contributed by atoms with E-state index in [1.165, 1.54) is 6.07 Å². The van der Waals surface area contributed by atoms with Crippen molar-refractivity contribution in [2.75, 3.05) is 13.7 Å². The highest BCUT2D eigenvalue weighted by atomic mass is 35.5. The Hall–Kier alpha value is -3.91. The number of halogens is 1. The smallest absolute Gasteiger partial charge is 0.273 e. The summed E-state index contributed by atoms with van der Waals surface area (Å²) in [6, 6.07) is 16.2. The van der Waals surface area contributed by atoms with E-state index in [4.69, 9.17) is 16.3 Å². The third-order valence-electron chi connectivity index (χ3n) is 5.86. The van der Waals surface area contributed by atoms with Crippen molar-refractivity contribution in [3.8, 4) is 17.0 Å². The second kappa shape index (κ2) is 9.15. The van der Waals surface area contributed by atoms with E-state index < -0.39 is 0 Å². The molecule has 0 spiro atoms. The van der Waals surface area contributed by atoms with E-state index in [-0.39, 0.29) is 17.2 Å². The van der Waals surface area contributed by atoms with Crippen molar-refractivity contribution >= 4 is 17.5 Å². The molecule has 1 aliphatic rings. The first-order valence-electron chi connectivity index (χ1n) is 10.8. The topological polar surface area (TPSA) is 104 Å². The molecule has 172 valence electrons. The largest absolute Gasteiger partial charge is 0.497 e. The van der Waals surface area contributed by atoms with Crippen LogP contribution in [0, 0.1) is 0 Å². The number of fused-ring (bicyclic) bond motifs is 1. The van der Waals surface area contributed by atoms with Gasteiger partial charge in [-0.15, -0.1) is 0 Å². The minimum atomic E-state index is -0.359. The second-order valence-electron chi connectivity index (χ2n) is 8.12. The fourth-order valence-electron chi connectivity index (χ4n) is 4.14. The van der Waals surface area contributed by atoms with Gasteiger partial charge in [-0.05, 0) is 29.8 Å². The molecule has 4 aromatic rings. The molecule has 0 saturated heterocycles. The van der Waals surface area contributed by atoms with E-state index in [1.54, 1.807) is 12.0 Å². The highest BCUT2D eigenvalue weighted by molar-refractivity contribution is 6.30. The number of nitrogens with one attached hydrogen (secondary N) is 2. The summed E-state index contributed by atoms with van der Waals surface area (Å²) in [6.07, 6.45) is 1.03. The van der Waals surface area contributed by atoms with E-state index >= 15 is 0 Å². The summed E-state index contributed by atoms with van der Waals surface area (Å²) in [7, 11) is 1.61. The van der Waals surface area contributed by atoms with E-state index in [0.29, 0.717) is 36.8 Å². The summed E-state index contributed by atoms with van der Waals surface area (Å²) in [6.45, 7) is 0.875. The van der Waals surface area contributed by atoms with Gasteiger partial charge in [0.15, 0.2) is 0 Å². The molecule has 0 fully saturated rings. The molecule has 0 atom stereocenters. The number of H-pyrrole nitrogens is 2. The van der Waals surface area contributed by atoms with Gasteiger partial charge in [-0.2, -0.15) is 5.10 Å². The highest BCUT2D eigenvalue weighted by Gasteiger charge is 2.27. The van der Waals surface area contributed by atoms with Crippen LogP contribution in [0.25, 0.3) is 11.3 Å². The lowest BCUT2D eigenvalue weighted by Crippen LogP contribution is -2.37. The van der Waals surface area contributed by atoms with Crippen molar-refractivity contribution in [3.05, 3.63) is 98.3 Å². The number of amides is 1. The minimum absolute atomic E-state index is 0.128. The van der Waals surface area contributed by atoms with Gasteiger partial charge in [0.1, 0.15) is 17.3 Å². The van der Waals surface area contributed by atoms with E-state index in [1.807, 2.05) is 48.5 Å². The number of aromatic amines is 2. The van der Waals surface area contributed by atoms with Gasteiger partial charge >= 0.3 is 0 Å². The van der Waals surface area contributed by atoms with Crippen molar-refractivity contribution in [1.29, 1.82) is 0 Å². The third kappa shape index (κ3) is 4.45. The van der Waals surface area contributed by atoms with Crippen LogP contribution in [-0.4, -0.2) is 44.6 Å². The third-order valence-corrected chi connectivity index (χ3v) is 6.09. The molecule has 1 aliphatic heterocycles. The number of methoxy groups -OCH3 is 1. The van der Waals surface area contributed by atoms with Crippen molar-refractivity contribution in [2.45, 2.75) is 19.4 Å². The average Bonchev–Trinajstić information content (AvgIpc) is 3.27. The van der Waals surface area contributed by atoms with Crippen LogP contribution in [0.4, 0.5) is 0 Å². The molecule has 2 aromatic carbocycles. The summed E-state index contributed by atoms with van der Waals surface area (Å²) < 4.78 is 5.18. The number of hydrogen-bond acceptors (Lipinski definition) is 5. The minimum Gasteiger partial charge on any atom is -0.497 e. The van der Waals surface area contributed by atoms with E-state index in [9.17, 15) is 9.59 Å². The maximum Gasteiger partial charge on any atom is 0.273 e. The molecular formula is C25H22ClN5O3. The zero-order chi connectivity index (χ0) is 23.7. The zero-order valence-corrected chi connectivity index (χ0v) is 19.2. The van der Waals surface area contributed by atoms with Crippen LogP contribution in [0.15, 0.2) is 59.4 Å². The first kappa shape index (κ1) is 21.9. The highest BCUT2D eigenvalue weighted by Crippen LogP contribution is 2.30. The van der Waals surface area contributed by atoms with E-state index in [0.717, 1.165) is 33.8 Å². The molecule has 5 rings (SSSR count). The first-order valence-corrected chi connectivity index (χ1v) is 11.2. The van der Waals surface area contributed by atoms with Gasteiger partial charge in [0.05, 0.1) is 19.3 Å². The van der Waals surface area contributed by atoms with Crippen molar-refractivity contribution in [3.63, 3.8) is 0 Å². The van der Waals surface area contributed by atoms with Gasteiger partial charge < -0.3 is 14.6 Å². The molecule has 9 heteroatoms. The molecule has 0 aliphatic carbocycles.